The van der Waals surface area contributed by atoms with E-state index in [9.17, 15) is 9.59 Å². The first-order valence-corrected chi connectivity index (χ1v) is 10.2. The van der Waals surface area contributed by atoms with Gasteiger partial charge in [-0.15, -0.1) is 0 Å². The standard InChI is InChI=1S/C24H32N2O3/c1-6-21(24(28)25-5)26(15-19-11-9-10-18(4)14-19)23(27)16-29-22-13-8-7-12-20(22)17(2)3/h7-14,17,21H,6,15-16H2,1-5H3,(H,25,28). The molecule has 0 heterocycles. The summed E-state index contributed by atoms with van der Waals surface area (Å²) in [5.41, 5.74) is 3.16. The van der Waals surface area contributed by atoms with Gasteiger partial charge >= 0.3 is 0 Å². The van der Waals surface area contributed by atoms with E-state index in [2.05, 4.69) is 19.2 Å². The Kier molecular flexibility index (Phi) is 8.25. The molecule has 0 aliphatic carbocycles. The fourth-order valence-electron chi connectivity index (χ4n) is 3.40. The van der Waals surface area contributed by atoms with Crippen LogP contribution in [-0.2, 0) is 16.1 Å². The summed E-state index contributed by atoms with van der Waals surface area (Å²) >= 11 is 0. The maximum Gasteiger partial charge on any atom is 0.261 e. The molecule has 0 saturated carbocycles. The average Bonchev–Trinajstić information content (AvgIpc) is 2.71. The van der Waals surface area contributed by atoms with Crippen LogP contribution in [0.2, 0.25) is 0 Å². The van der Waals surface area contributed by atoms with Gasteiger partial charge in [0.15, 0.2) is 6.61 Å². The number of para-hydroxylation sites is 1. The van der Waals surface area contributed by atoms with E-state index in [1.807, 2.05) is 62.4 Å². The van der Waals surface area contributed by atoms with Crippen molar-refractivity contribution >= 4 is 11.8 Å². The van der Waals surface area contributed by atoms with Gasteiger partial charge in [0, 0.05) is 13.6 Å². The van der Waals surface area contributed by atoms with Crippen LogP contribution in [0.4, 0.5) is 0 Å². The van der Waals surface area contributed by atoms with Crippen molar-refractivity contribution in [2.24, 2.45) is 0 Å². The minimum Gasteiger partial charge on any atom is -0.483 e. The summed E-state index contributed by atoms with van der Waals surface area (Å²) in [4.78, 5) is 27.2. The van der Waals surface area contributed by atoms with Crippen LogP contribution >= 0.6 is 0 Å². The highest BCUT2D eigenvalue weighted by molar-refractivity contribution is 5.88. The van der Waals surface area contributed by atoms with E-state index in [0.717, 1.165) is 16.7 Å². The number of rotatable bonds is 9. The molecule has 1 atom stereocenters. The zero-order valence-electron chi connectivity index (χ0n) is 18.1. The monoisotopic (exact) mass is 396 g/mol. The van der Waals surface area contributed by atoms with E-state index >= 15 is 0 Å². The molecule has 0 aliphatic heterocycles. The Hall–Kier alpha value is -2.82. The van der Waals surface area contributed by atoms with Gasteiger partial charge in [-0.3, -0.25) is 9.59 Å². The lowest BCUT2D eigenvalue weighted by Gasteiger charge is -2.30. The molecule has 5 heteroatoms. The molecule has 0 saturated heterocycles. The number of hydrogen-bond acceptors (Lipinski definition) is 3. The lowest BCUT2D eigenvalue weighted by atomic mass is 10.0. The van der Waals surface area contributed by atoms with Crippen LogP contribution in [-0.4, -0.2) is 36.4 Å². The van der Waals surface area contributed by atoms with Crippen molar-refractivity contribution in [2.45, 2.75) is 52.6 Å². The molecule has 0 aromatic heterocycles. The first kappa shape index (κ1) is 22.5. The maximum absolute atomic E-state index is 13.1. The van der Waals surface area contributed by atoms with Gasteiger partial charge in [-0.2, -0.15) is 0 Å². The van der Waals surface area contributed by atoms with Crippen LogP contribution in [0.25, 0.3) is 0 Å². The van der Waals surface area contributed by atoms with Crippen molar-refractivity contribution in [1.29, 1.82) is 0 Å². The molecule has 2 amide bonds. The Morgan fingerprint density at radius 3 is 2.45 bits per heavy atom. The van der Waals surface area contributed by atoms with Gasteiger partial charge in [-0.1, -0.05) is 68.8 Å². The number of aryl methyl sites for hydroxylation is 1. The number of nitrogens with zero attached hydrogens (tertiary/aromatic N) is 1. The van der Waals surface area contributed by atoms with Crippen molar-refractivity contribution < 1.29 is 14.3 Å². The third kappa shape index (κ3) is 6.08. The van der Waals surface area contributed by atoms with Gasteiger partial charge in [-0.25, -0.2) is 0 Å². The van der Waals surface area contributed by atoms with Crippen molar-refractivity contribution in [3.8, 4) is 5.75 Å². The minimum absolute atomic E-state index is 0.108. The Bertz CT molecular complexity index is 832. The SMILES string of the molecule is CCC(C(=O)NC)N(Cc1cccc(C)c1)C(=O)COc1ccccc1C(C)C. The van der Waals surface area contributed by atoms with Crippen molar-refractivity contribution in [3.63, 3.8) is 0 Å². The molecule has 2 aromatic carbocycles. The molecule has 2 aromatic rings. The van der Waals surface area contributed by atoms with E-state index in [4.69, 9.17) is 4.74 Å². The van der Waals surface area contributed by atoms with Crippen LogP contribution < -0.4 is 10.1 Å². The number of ether oxygens (including phenoxy) is 1. The molecule has 5 nitrogen and oxygen atoms in total. The highest BCUT2D eigenvalue weighted by atomic mass is 16.5. The second kappa shape index (κ2) is 10.6. The maximum atomic E-state index is 13.1. The summed E-state index contributed by atoms with van der Waals surface area (Å²) in [5, 5.41) is 2.67. The van der Waals surface area contributed by atoms with Crippen molar-refractivity contribution in [1.82, 2.24) is 10.2 Å². The average molecular weight is 397 g/mol. The Morgan fingerprint density at radius 1 is 1.10 bits per heavy atom. The summed E-state index contributed by atoms with van der Waals surface area (Å²) < 4.78 is 5.89. The van der Waals surface area contributed by atoms with E-state index in [0.29, 0.717) is 24.6 Å². The summed E-state index contributed by atoms with van der Waals surface area (Å²) in [7, 11) is 1.59. The summed E-state index contributed by atoms with van der Waals surface area (Å²) in [5.74, 6) is 0.620. The number of benzene rings is 2. The first-order chi connectivity index (χ1) is 13.9. The molecule has 0 radical (unpaired) electrons. The van der Waals surface area contributed by atoms with Gasteiger partial charge in [0.05, 0.1) is 0 Å². The highest BCUT2D eigenvalue weighted by Gasteiger charge is 2.28. The Morgan fingerprint density at radius 2 is 1.83 bits per heavy atom. The zero-order chi connectivity index (χ0) is 21.4. The highest BCUT2D eigenvalue weighted by Crippen LogP contribution is 2.26. The smallest absolute Gasteiger partial charge is 0.261 e. The number of carbonyl (C=O) groups excluding carboxylic acids is 2. The molecule has 0 aliphatic rings. The van der Waals surface area contributed by atoms with Crippen LogP contribution in [0, 0.1) is 6.92 Å². The van der Waals surface area contributed by atoms with E-state index in [1.165, 1.54) is 0 Å². The summed E-state index contributed by atoms with van der Waals surface area (Å²) in [6.07, 6.45) is 0.528. The van der Waals surface area contributed by atoms with Crippen LogP contribution in [0.5, 0.6) is 5.75 Å². The fraction of sp³-hybridized carbons (Fsp3) is 0.417. The molecule has 1 N–H and O–H groups in total. The molecule has 0 spiro atoms. The van der Waals surface area contributed by atoms with Gasteiger partial charge in [0.25, 0.3) is 5.91 Å². The molecular weight excluding hydrogens is 364 g/mol. The van der Waals surface area contributed by atoms with Crippen LogP contribution in [0.1, 0.15) is 49.8 Å². The van der Waals surface area contributed by atoms with Gasteiger partial charge in [0.2, 0.25) is 5.91 Å². The van der Waals surface area contributed by atoms with Gasteiger partial charge in [0.1, 0.15) is 11.8 Å². The summed E-state index contributed by atoms with van der Waals surface area (Å²) in [6.45, 7) is 8.35. The Labute approximate surface area is 174 Å². The molecule has 1 unspecified atom stereocenters. The third-order valence-electron chi connectivity index (χ3n) is 4.96. The lowest BCUT2D eigenvalue weighted by molar-refractivity contribution is -0.142. The second-order valence-electron chi connectivity index (χ2n) is 7.53. The predicted molar refractivity (Wildman–Crippen MR) is 116 cm³/mol. The molecule has 0 bridgehead atoms. The van der Waals surface area contributed by atoms with Crippen molar-refractivity contribution in [2.75, 3.05) is 13.7 Å². The third-order valence-corrected chi connectivity index (χ3v) is 4.96. The predicted octanol–water partition coefficient (Wildman–Crippen LogP) is 4.05. The summed E-state index contributed by atoms with van der Waals surface area (Å²) in [6, 6.07) is 15.2. The number of likely N-dealkylation sites (N-methyl/N-ethyl adjacent to an activating group) is 1. The lowest BCUT2D eigenvalue weighted by Crippen LogP contribution is -2.49. The normalized spacial score (nSPS) is 11.8. The molecule has 29 heavy (non-hydrogen) atoms. The van der Waals surface area contributed by atoms with Gasteiger partial charge < -0.3 is 15.0 Å². The first-order valence-electron chi connectivity index (χ1n) is 10.2. The number of amides is 2. The fourth-order valence-corrected chi connectivity index (χ4v) is 3.40. The van der Waals surface area contributed by atoms with Gasteiger partial charge in [-0.05, 0) is 36.5 Å². The topological polar surface area (TPSA) is 58.6 Å². The van der Waals surface area contributed by atoms with E-state index < -0.39 is 6.04 Å². The van der Waals surface area contributed by atoms with Crippen LogP contribution in [0.3, 0.4) is 0 Å². The molecule has 156 valence electrons. The van der Waals surface area contributed by atoms with Crippen molar-refractivity contribution in [3.05, 3.63) is 65.2 Å². The largest absolute Gasteiger partial charge is 0.483 e. The second-order valence-corrected chi connectivity index (χ2v) is 7.53. The van der Waals surface area contributed by atoms with E-state index in [1.54, 1.807) is 11.9 Å². The minimum atomic E-state index is -0.544. The number of hydrogen-bond donors (Lipinski definition) is 1. The van der Waals surface area contributed by atoms with Crippen LogP contribution in [0.15, 0.2) is 48.5 Å². The number of nitrogens with one attached hydrogen (secondary N) is 1. The molecule has 0 fully saturated rings. The molecule has 2 rings (SSSR count). The van der Waals surface area contributed by atoms with E-state index in [-0.39, 0.29) is 18.4 Å². The number of carbonyl (C=O) groups is 2. The molecular formula is C24H32N2O3. The Balaban J connectivity index is 2.23. The quantitative estimate of drug-likeness (QED) is 0.696. The zero-order valence-corrected chi connectivity index (χ0v) is 18.1.